The van der Waals surface area contributed by atoms with E-state index in [0.717, 1.165) is 25.7 Å². The summed E-state index contributed by atoms with van der Waals surface area (Å²) in [4.78, 5) is 24.0. The summed E-state index contributed by atoms with van der Waals surface area (Å²) in [5.74, 6) is -0.528. The van der Waals surface area contributed by atoms with Gasteiger partial charge in [0, 0.05) is 12.3 Å². The normalized spacial score (nSPS) is 48.8. The monoisotopic (exact) mass is 406 g/mol. The van der Waals surface area contributed by atoms with Crippen molar-refractivity contribution in [3.8, 4) is 0 Å². The molecule has 162 valence electrons. The van der Waals surface area contributed by atoms with Crippen LogP contribution in [0.1, 0.15) is 65.7 Å². The number of aliphatic hydroxyl groups excluding tert-OH is 2. The molecule has 6 nitrogen and oxygen atoms in total. The minimum atomic E-state index is -1.57. The van der Waals surface area contributed by atoms with Crippen molar-refractivity contribution in [2.24, 2.45) is 28.6 Å². The number of hydrogen-bond acceptors (Lipinski definition) is 6. The van der Waals surface area contributed by atoms with Crippen LogP contribution in [0.25, 0.3) is 0 Å². The molecule has 8 atom stereocenters. The van der Waals surface area contributed by atoms with Crippen molar-refractivity contribution in [1.29, 1.82) is 0 Å². The van der Waals surface area contributed by atoms with E-state index in [4.69, 9.17) is 4.74 Å². The standard InChI is InChI=1S/C23H34O6/c1-13(24)29-12-19(27)23(28)9-7-17-16-5-4-14-10-15(25)6-8-21(14,2)20(16)18(26)11-22(17,23)3/h10,15-18,20,25-26,28H,4-9,11-12H2,1-3H3/t15?,16-,17-,18-,20+,21-,22-,23-/m0/s1. The third-order valence-corrected chi connectivity index (χ3v) is 9.04. The van der Waals surface area contributed by atoms with Crippen molar-refractivity contribution in [3.63, 3.8) is 0 Å². The molecule has 0 saturated heterocycles. The zero-order valence-corrected chi connectivity index (χ0v) is 17.7. The Morgan fingerprint density at radius 3 is 2.59 bits per heavy atom. The fourth-order valence-electron chi connectivity index (χ4n) is 7.59. The lowest BCUT2D eigenvalue weighted by Crippen LogP contribution is -2.62. The van der Waals surface area contributed by atoms with Gasteiger partial charge in [0.05, 0.1) is 12.2 Å². The van der Waals surface area contributed by atoms with Crippen molar-refractivity contribution in [2.75, 3.05) is 6.61 Å². The van der Waals surface area contributed by atoms with Crippen LogP contribution in [0.5, 0.6) is 0 Å². The molecule has 0 spiro atoms. The van der Waals surface area contributed by atoms with Crippen LogP contribution in [0.15, 0.2) is 11.6 Å². The Morgan fingerprint density at radius 2 is 1.90 bits per heavy atom. The van der Waals surface area contributed by atoms with E-state index in [2.05, 4.69) is 6.92 Å². The Bertz CT molecular complexity index is 746. The number of esters is 1. The maximum atomic E-state index is 12.9. The van der Waals surface area contributed by atoms with E-state index < -0.39 is 41.6 Å². The third-order valence-electron chi connectivity index (χ3n) is 9.04. The molecule has 0 aromatic rings. The highest BCUT2D eigenvalue weighted by atomic mass is 16.5. The number of fused-ring (bicyclic) bond motifs is 5. The van der Waals surface area contributed by atoms with Crippen LogP contribution in [0.4, 0.5) is 0 Å². The van der Waals surface area contributed by atoms with Crippen molar-refractivity contribution in [3.05, 3.63) is 11.6 Å². The fraction of sp³-hybridized carbons (Fsp3) is 0.826. The average Bonchev–Trinajstić information content (AvgIpc) is 2.91. The number of carbonyl (C=O) groups excluding carboxylic acids is 2. The second-order valence-corrected chi connectivity index (χ2v) is 10.3. The zero-order chi connectivity index (χ0) is 21.2. The number of ether oxygens (including phenoxy) is 1. The van der Waals surface area contributed by atoms with Crippen LogP contribution in [-0.4, -0.2) is 51.5 Å². The molecule has 0 heterocycles. The zero-order valence-electron chi connectivity index (χ0n) is 17.7. The molecular formula is C23H34O6. The second-order valence-electron chi connectivity index (χ2n) is 10.3. The molecule has 1 unspecified atom stereocenters. The van der Waals surface area contributed by atoms with Crippen molar-refractivity contribution in [1.82, 2.24) is 0 Å². The van der Waals surface area contributed by atoms with E-state index in [1.807, 2.05) is 13.0 Å². The predicted octanol–water partition coefficient (Wildman–Crippen LogP) is 2.14. The molecule has 4 aliphatic rings. The van der Waals surface area contributed by atoms with Gasteiger partial charge >= 0.3 is 5.97 Å². The molecule has 0 aliphatic heterocycles. The number of hydrogen-bond donors (Lipinski definition) is 3. The van der Waals surface area contributed by atoms with E-state index >= 15 is 0 Å². The first kappa shape index (κ1) is 21.0. The molecule has 6 heteroatoms. The smallest absolute Gasteiger partial charge is 0.303 e. The van der Waals surface area contributed by atoms with E-state index in [9.17, 15) is 24.9 Å². The molecule has 0 amide bonds. The van der Waals surface area contributed by atoms with E-state index in [1.165, 1.54) is 12.5 Å². The first-order chi connectivity index (χ1) is 13.5. The van der Waals surface area contributed by atoms with Gasteiger partial charge in [-0.2, -0.15) is 0 Å². The first-order valence-electron chi connectivity index (χ1n) is 11.0. The van der Waals surface area contributed by atoms with Crippen LogP contribution in [-0.2, 0) is 14.3 Å². The first-order valence-corrected chi connectivity index (χ1v) is 11.0. The lowest BCUT2D eigenvalue weighted by molar-refractivity contribution is -0.184. The van der Waals surface area contributed by atoms with Gasteiger partial charge in [-0.25, -0.2) is 0 Å². The maximum absolute atomic E-state index is 12.9. The minimum absolute atomic E-state index is 0.0824. The lowest BCUT2D eigenvalue weighted by Gasteiger charge is -2.60. The van der Waals surface area contributed by atoms with Crippen molar-refractivity contribution < 1.29 is 29.6 Å². The van der Waals surface area contributed by atoms with Gasteiger partial charge in [0.25, 0.3) is 0 Å². The molecule has 4 aliphatic carbocycles. The molecule has 0 bridgehead atoms. The van der Waals surface area contributed by atoms with Crippen molar-refractivity contribution in [2.45, 2.75) is 83.5 Å². The highest BCUT2D eigenvalue weighted by molar-refractivity contribution is 5.91. The molecular weight excluding hydrogens is 372 g/mol. The summed E-state index contributed by atoms with van der Waals surface area (Å²) in [6.07, 6.45) is 5.82. The molecule has 29 heavy (non-hydrogen) atoms. The van der Waals surface area contributed by atoms with Crippen LogP contribution in [0.2, 0.25) is 0 Å². The van der Waals surface area contributed by atoms with Gasteiger partial charge in [0.15, 0.2) is 6.61 Å². The molecule has 0 aromatic carbocycles. The van der Waals surface area contributed by atoms with Gasteiger partial charge in [-0.1, -0.05) is 25.5 Å². The Labute approximate surface area is 172 Å². The summed E-state index contributed by atoms with van der Waals surface area (Å²) >= 11 is 0. The highest BCUT2D eigenvalue weighted by Gasteiger charge is 2.68. The summed E-state index contributed by atoms with van der Waals surface area (Å²) in [6, 6.07) is 0. The van der Waals surface area contributed by atoms with Crippen LogP contribution >= 0.6 is 0 Å². The average molecular weight is 407 g/mol. The largest absolute Gasteiger partial charge is 0.458 e. The Kier molecular flexibility index (Phi) is 4.99. The number of allylic oxidation sites excluding steroid dienone is 1. The summed E-state index contributed by atoms with van der Waals surface area (Å²) < 4.78 is 4.89. The number of Topliss-reactive ketones (excluding diaryl/α,β-unsaturated/α-hetero) is 1. The summed E-state index contributed by atoms with van der Waals surface area (Å²) in [5.41, 5.74) is -1.17. The topological polar surface area (TPSA) is 104 Å². The van der Waals surface area contributed by atoms with E-state index in [-0.39, 0.29) is 23.2 Å². The van der Waals surface area contributed by atoms with E-state index in [1.54, 1.807) is 0 Å². The van der Waals surface area contributed by atoms with Gasteiger partial charge in [-0.05, 0) is 68.1 Å². The van der Waals surface area contributed by atoms with Gasteiger partial charge in [0.1, 0.15) is 5.60 Å². The third kappa shape index (κ3) is 2.94. The van der Waals surface area contributed by atoms with Gasteiger partial charge in [-0.3, -0.25) is 9.59 Å². The number of ketones is 1. The van der Waals surface area contributed by atoms with E-state index in [0.29, 0.717) is 19.3 Å². The predicted molar refractivity (Wildman–Crippen MR) is 106 cm³/mol. The molecule has 4 rings (SSSR count). The molecule has 0 radical (unpaired) electrons. The van der Waals surface area contributed by atoms with Crippen LogP contribution < -0.4 is 0 Å². The Morgan fingerprint density at radius 1 is 1.17 bits per heavy atom. The molecule has 0 aromatic heterocycles. The van der Waals surface area contributed by atoms with Gasteiger partial charge < -0.3 is 20.1 Å². The Balaban J connectivity index is 1.65. The minimum Gasteiger partial charge on any atom is -0.458 e. The molecule has 3 fully saturated rings. The Hall–Kier alpha value is -1.24. The van der Waals surface area contributed by atoms with Gasteiger partial charge in [0.2, 0.25) is 5.78 Å². The summed E-state index contributed by atoms with van der Waals surface area (Å²) in [5, 5.41) is 32.9. The molecule has 3 N–H and O–H groups in total. The number of aliphatic hydroxyl groups is 3. The van der Waals surface area contributed by atoms with Gasteiger partial charge in [-0.15, -0.1) is 0 Å². The highest BCUT2D eigenvalue weighted by Crippen LogP contribution is 2.67. The molecule has 3 saturated carbocycles. The fourth-order valence-corrected chi connectivity index (χ4v) is 7.59. The number of carbonyl (C=O) groups is 2. The summed E-state index contributed by atoms with van der Waals surface area (Å²) in [6.45, 7) is 5.00. The number of rotatable bonds is 3. The second kappa shape index (κ2) is 6.89. The maximum Gasteiger partial charge on any atom is 0.303 e. The van der Waals surface area contributed by atoms with Crippen LogP contribution in [0.3, 0.4) is 0 Å². The quantitative estimate of drug-likeness (QED) is 0.490. The van der Waals surface area contributed by atoms with Crippen LogP contribution in [0, 0.1) is 28.6 Å². The lowest BCUT2D eigenvalue weighted by atomic mass is 9.45. The van der Waals surface area contributed by atoms with Crippen molar-refractivity contribution >= 4 is 11.8 Å². The SMILES string of the molecule is CC(=O)OCC(=O)[C@@]1(O)CC[C@H]2[C@@H]3CCC4=CC(O)CC[C@]4(C)[C@H]3[C@@H](O)C[C@@]21C. The summed E-state index contributed by atoms with van der Waals surface area (Å²) in [7, 11) is 0.